The van der Waals surface area contributed by atoms with Gasteiger partial charge in [-0.2, -0.15) is 0 Å². The van der Waals surface area contributed by atoms with E-state index in [4.69, 9.17) is 0 Å². The first-order chi connectivity index (χ1) is 10.1. The van der Waals surface area contributed by atoms with Crippen LogP contribution >= 0.6 is 11.3 Å². The molecule has 1 heterocycles. The van der Waals surface area contributed by atoms with Gasteiger partial charge in [0, 0.05) is 21.2 Å². The quantitative estimate of drug-likeness (QED) is 0.741. The summed E-state index contributed by atoms with van der Waals surface area (Å²) in [6.45, 7) is 1.88. The monoisotopic (exact) mass is 300 g/mol. The predicted molar refractivity (Wildman–Crippen MR) is 83.6 cm³/mol. The number of aryl methyl sites for hydroxylation is 1. The molecule has 106 valence electrons. The van der Waals surface area contributed by atoms with Crippen LogP contribution in [-0.4, -0.2) is 11.1 Å². The van der Waals surface area contributed by atoms with Crippen molar-refractivity contribution in [2.75, 3.05) is 0 Å². The number of carbonyl (C=O) groups is 1. The van der Waals surface area contributed by atoms with Gasteiger partial charge in [-0.15, -0.1) is 11.3 Å². The number of hydrogen-bond donors (Lipinski definition) is 1. The average Bonchev–Trinajstić information content (AvgIpc) is 2.87. The van der Waals surface area contributed by atoms with E-state index < -0.39 is 5.97 Å². The van der Waals surface area contributed by atoms with Crippen LogP contribution in [0.1, 0.15) is 22.2 Å². The number of halogens is 1. The summed E-state index contributed by atoms with van der Waals surface area (Å²) in [6.07, 6.45) is 0.539. The maximum Gasteiger partial charge on any atom is 0.346 e. The Morgan fingerprint density at radius 1 is 1.19 bits per heavy atom. The molecule has 3 aromatic rings. The number of fused-ring (bicyclic) bond motifs is 1. The summed E-state index contributed by atoms with van der Waals surface area (Å²) in [5, 5.41) is 10.3. The predicted octanol–water partition coefficient (Wildman–Crippen LogP) is 4.97. The standard InChI is InChI=1S/C17H13FO2S/c1-2-11-13(18)9-8-12-14(10-6-4-3-5-7-10)16(17(19)20)21-15(11)12/h3-9H,2H2,1H3,(H,19,20). The number of carboxylic acid groups (broad SMARTS) is 1. The van der Waals surface area contributed by atoms with Gasteiger partial charge in [0.15, 0.2) is 0 Å². The first-order valence-corrected chi connectivity index (χ1v) is 7.47. The fourth-order valence-electron chi connectivity index (χ4n) is 2.56. The molecule has 0 aliphatic heterocycles. The number of rotatable bonds is 3. The first-order valence-electron chi connectivity index (χ1n) is 6.66. The van der Waals surface area contributed by atoms with Gasteiger partial charge >= 0.3 is 5.97 Å². The highest BCUT2D eigenvalue weighted by Gasteiger charge is 2.21. The Hall–Kier alpha value is -2.20. The van der Waals surface area contributed by atoms with E-state index in [9.17, 15) is 14.3 Å². The lowest BCUT2D eigenvalue weighted by Crippen LogP contribution is -1.94. The zero-order chi connectivity index (χ0) is 15.0. The Morgan fingerprint density at radius 2 is 1.90 bits per heavy atom. The SMILES string of the molecule is CCc1c(F)ccc2c(-c3ccccc3)c(C(=O)O)sc12. The van der Waals surface area contributed by atoms with Crippen LogP contribution in [0.15, 0.2) is 42.5 Å². The van der Waals surface area contributed by atoms with Crippen molar-refractivity contribution < 1.29 is 14.3 Å². The summed E-state index contributed by atoms with van der Waals surface area (Å²) in [4.78, 5) is 11.8. The van der Waals surface area contributed by atoms with Gasteiger partial charge in [0.05, 0.1) is 0 Å². The normalized spacial score (nSPS) is 11.0. The highest BCUT2D eigenvalue weighted by Crippen LogP contribution is 2.41. The lowest BCUT2D eigenvalue weighted by molar-refractivity contribution is 0.0703. The molecule has 1 N–H and O–H groups in total. The lowest BCUT2D eigenvalue weighted by atomic mass is 10.00. The molecule has 0 radical (unpaired) electrons. The van der Waals surface area contributed by atoms with Crippen molar-refractivity contribution in [3.8, 4) is 11.1 Å². The molecule has 1 aromatic heterocycles. The van der Waals surface area contributed by atoms with E-state index in [-0.39, 0.29) is 10.7 Å². The van der Waals surface area contributed by atoms with E-state index in [1.54, 1.807) is 6.07 Å². The molecule has 0 saturated carbocycles. The van der Waals surface area contributed by atoms with E-state index in [2.05, 4.69) is 0 Å². The fourth-order valence-corrected chi connectivity index (χ4v) is 3.83. The van der Waals surface area contributed by atoms with Crippen molar-refractivity contribution in [3.63, 3.8) is 0 Å². The second-order valence-electron chi connectivity index (χ2n) is 4.73. The summed E-state index contributed by atoms with van der Waals surface area (Å²) in [6, 6.07) is 12.5. The molecule has 4 heteroatoms. The van der Waals surface area contributed by atoms with Crippen LogP contribution in [0.25, 0.3) is 21.2 Å². The van der Waals surface area contributed by atoms with Gasteiger partial charge in [0.1, 0.15) is 10.7 Å². The molecule has 2 nitrogen and oxygen atoms in total. The number of hydrogen-bond acceptors (Lipinski definition) is 2. The molecular weight excluding hydrogens is 287 g/mol. The number of carboxylic acids is 1. The Balaban J connectivity index is 2.42. The Labute approximate surface area is 125 Å². The van der Waals surface area contributed by atoms with Gasteiger partial charge in [-0.1, -0.05) is 37.3 Å². The number of thiophene rings is 1. The van der Waals surface area contributed by atoms with Crippen LogP contribution in [0, 0.1) is 5.82 Å². The van der Waals surface area contributed by atoms with Gasteiger partial charge in [-0.25, -0.2) is 9.18 Å². The van der Waals surface area contributed by atoms with Crippen molar-refractivity contribution in [2.45, 2.75) is 13.3 Å². The molecule has 0 fully saturated rings. The van der Waals surface area contributed by atoms with Gasteiger partial charge in [-0.3, -0.25) is 0 Å². The van der Waals surface area contributed by atoms with E-state index in [1.165, 1.54) is 6.07 Å². The Bertz CT molecular complexity index is 822. The number of benzene rings is 2. The van der Waals surface area contributed by atoms with Crippen LogP contribution < -0.4 is 0 Å². The highest BCUT2D eigenvalue weighted by molar-refractivity contribution is 7.21. The molecule has 0 atom stereocenters. The third-order valence-corrected chi connectivity index (χ3v) is 4.77. The minimum atomic E-state index is -0.975. The smallest absolute Gasteiger partial charge is 0.346 e. The Kier molecular flexibility index (Phi) is 3.47. The van der Waals surface area contributed by atoms with Crippen molar-refractivity contribution in [2.24, 2.45) is 0 Å². The maximum absolute atomic E-state index is 13.9. The maximum atomic E-state index is 13.9. The summed E-state index contributed by atoms with van der Waals surface area (Å²) >= 11 is 1.15. The molecule has 0 bridgehead atoms. The molecule has 0 unspecified atom stereocenters. The first kappa shape index (κ1) is 13.8. The third-order valence-electron chi connectivity index (χ3n) is 3.51. The second kappa shape index (κ2) is 5.30. The summed E-state index contributed by atoms with van der Waals surface area (Å²) in [5.74, 6) is -1.25. The highest BCUT2D eigenvalue weighted by atomic mass is 32.1. The zero-order valence-corrected chi connectivity index (χ0v) is 12.2. The van der Waals surface area contributed by atoms with Gasteiger partial charge in [-0.05, 0) is 24.1 Å². The molecule has 0 aliphatic carbocycles. The van der Waals surface area contributed by atoms with Crippen LogP contribution in [0.3, 0.4) is 0 Å². The molecule has 21 heavy (non-hydrogen) atoms. The minimum absolute atomic E-state index is 0.261. The van der Waals surface area contributed by atoms with E-state index in [0.29, 0.717) is 17.5 Å². The Morgan fingerprint density at radius 3 is 2.52 bits per heavy atom. The fraction of sp³-hybridized carbons (Fsp3) is 0.118. The van der Waals surface area contributed by atoms with Gasteiger partial charge < -0.3 is 5.11 Å². The largest absolute Gasteiger partial charge is 0.477 e. The zero-order valence-electron chi connectivity index (χ0n) is 11.4. The van der Waals surface area contributed by atoms with E-state index in [1.807, 2.05) is 37.3 Å². The summed E-state index contributed by atoms with van der Waals surface area (Å²) in [7, 11) is 0. The van der Waals surface area contributed by atoms with Crippen LogP contribution in [0.2, 0.25) is 0 Å². The molecule has 3 rings (SSSR count). The topological polar surface area (TPSA) is 37.3 Å². The van der Waals surface area contributed by atoms with Crippen molar-refractivity contribution in [3.05, 3.63) is 58.7 Å². The van der Waals surface area contributed by atoms with Gasteiger partial charge in [0.2, 0.25) is 0 Å². The number of aromatic carboxylic acids is 1. The third kappa shape index (κ3) is 2.21. The molecule has 2 aromatic carbocycles. The van der Waals surface area contributed by atoms with Gasteiger partial charge in [0.25, 0.3) is 0 Å². The molecule has 0 spiro atoms. The molecule has 0 amide bonds. The lowest BCUT2D eigenvalue weighted by Gasteiger charge is -2.04. The molecule has 0 saturated heterocycles. The second-order valence-corrected chi connectivity index (χ2v) is 5.75. The molecular formula is C17H13FO2S. The van der Waals surface area contributed by atoms with Crippen LogP contribution in [-0.2, 0) is 6.42 Å². The average molecular weight is 300 g/mol. The van der Waals surface area contributed by atoms with Crippen molar-refractivity contribution in [1.29, 1.82) is 0 Å². The molecule has 0 aliphatic rings. The van der Waals surface area contributed by atoms with Crippen molar-refractivity contribution >= 4 is 27.4 Å². The van der Waals surface area contributed by atoms with E-state index >= 15 is 0 Å². The summed E-state index contributed by atoms with van der Waals surface area (Å²) < 4.78 is 14.7. The van der Waals surface area contributed by atoms with Crippen molar-refractivity contribution in [1.82, 2.24) is 0 Å². The van der Waals surface area contributed by atoms with Crippen LogP contribution in [0.5, 0.6) is 0 Å². The van der Waals surface area contributed by atoms with E-state index in [0.717, 1.165) is 27.0 Å². The summed E-state index contributed by atoms with van der Waals surface area (Å²) in [5.41, 5.74) is 2.11. The van der Waals surface area contributed by atoms with Crippen LogP contribution in [0.4, 0.5) is 4.39 Å². The minimum Gasteiger partial charge on any atom is -0.477 e.